The van der Waals surface area contributed by atoms with Gasteiger partial charge in [0, 0.05) is 12.6 Å². The first-order chi connectivity index (χ1) is 15.7. The normalized spacial score (nSPS) is 15.1. The lowest BCUT2D eigenvalue weighted by molar-refractivity contribution is -0.142. The van der Waals surface area contributed by atoms with Crippen molar-refractivity contribution < 1.29 is 14.3 Å². The summed E-state index contributed by atoms with van der Waals surface area (Å²) in [6.45, 7) is 5.73. The van der Waals surface area contributed by atoms with Crippen LogP contribution in [0.3, 0.4) is 0 Å². The van der Waals surface area contributed by atoms with Crippen LogP contribution < -0.4 is 10.1 Å². The van der Waals surface area contributed by atoms with Crippen molar-refractivity contribution in [2.24, 2.45) is 0 Å². The summed E-state index contributed by atoms with van der Waals surface area (Å²) in [4.78, 5) is 27.9. The second-order valence-corrected chi connectivity index (χ2v) is 9.66. The molecule has 1 saturated carbocycles. The van der Waals surface area contributed by atoms with Crippen molar-refractivity contribution in [3.8, 4) is 5.75 Å². The Bertz CT molecular complexity index is 989. The molecule has 2 aromatic carbocycles. The third kappa shape index (κ3) is 7.12. The molecule has 0 saturated heterocycles. The summed E-state index contributed by atoms with van der Waals surface area (Å²) in [6.07, 6.45) is 5.41. The Morgan fingerprint density at radius 3 is 2.48 bits per heavy atom. The average Bonchev–Trinajstić information content (AvgIpc) is 2.80. The molecule has 7 heteroatoms. The number of benzene rings is 2. The molecule has 5 nitrogen and oxygen atoms in total. The number of hydrogen-bond donors (Lipinski definition) is 1. The van der Waals surface area contributed by atoms with E-state index in [-0.39, 0.29) is 31.0 Å². The molecule has 0 aliphatic heterocycles. The lowest BCUT2D eigenvalue weighted by Gasteiger charge is -2.31. The monoisotopic (exact) mass is 490 g/mol. The lowest BCUT2D eigenvalue weighted by Crippen LogP contribution is -2.51. The Kier molecular flexibility index (Phi) is 9.04. The maximum absolute atomic E-state index is 13.3. The fourth-order valence-electron chi connectivity index (χ4n) is 4.07. The van der Waals surface area contributed by atoms with E-state index in [1.165, 1.54) is 6.42 Å². The van der Waals surface area contributed by atoms with E-state index < -0.39 is 6.04 Å². The molecule has 1 aliphatic rings. The smallest absolute Gasteiger partial charge is 0.261 e. The number of carbonyl (C=O) groups is 2. The molecule has 0 bridgehead atoms. The van der Waals surface area contributed by atoms with Gasteiger partial charge in [0.15, 0.2) is 6.61 Å². The van der Waals surface area contributed by atoms with Crippen molar-refractivity contribution in [1.29, 1.82) is 0 Å². The predicted octanol–water partition coefficient (Wildman–Crippen LogP) is 5.86. The minimum atomic E-state index is -0.656. The van der Waals surface area contributed by atoms with Crippen LogP contribution in [0.15, 0.2) is 36.4 Å². The molecule has 1 N–H and O–H groups in total. The van der Waals surface area contributed by atoms with Crippen LogP contribution >= 0.6 is 23.2 Å². The van der Waals surface area contributed by atoms with Gasteiger partial charge in [0.2, 0.25) is 5.91 Å². The van der Waals surface area contributed by atoms with Gasteiger partial charge in [-0.1, -0.05) is 60.7 Å². The summed E-state index contributed by atoms with van der Waals surface area (Å²) < 4.78 is 5.85. The van der Waals surface area contributed by atoms with Gasteiger partial charge in [-0.2, -0.15) is 0 Å². The average molecular weight is 491 g/mol. The van der Waals surface area contributed by atoms with Crippen LogP contribution in [0.25, 0.3) is 0 Å². The highest BCUT2D eigenvalue weighted by Crippen LogP contribution is 2.24. The zero-order valence-corrected chi connectivity index (χ0v) is 21.0. The third-order valence-electron chi connectivity index (χ3n) is 6.15. The summed E-state index contributed by atoms with van der Waals surface area (Å²) in [5.74, 6) is 0.243. The number of hydrogen-bond acceptors (Lipinski definition) is 3. The zero-order valence-electron chi connectivity index (χ0n) is 19.5. The van der Waals surface area contributed by atoms with Crippen LogP contribution in [0.4, 0.5) is 0 Å². The molecule has 0 unspecified atom stereocenters. The molecule has 3 rings (SSSR count). The Morgan fingerprint density at radius 2 is 1.79 bits per heavy atom. The van der Waals surface area contributed by atoms with Crippen molar-refractivity contribution >= 4 is 35.0 Å². The van der Waals surface area contributed by atoms with Crippen LogP contribution in [0.5, 0.6) is 5.75 Å². The molecule has 0 heterocycles. The fourth-order valence-corrected chi connectivity index (χ4v) is 4.39. The number of halogens is 2. The molecule has 0 spiro atoms. The molecule has 33 heavy (non-hydrogen) atoms. The number of nitrogens with zero attached hydrogens (tertiary/aromatic N) is 1. The number of ether oxygens (including phenoxy) is 1. The SMILES string of the molecule is Cc1ccc(C)c(OCC(=O)N(Cc2ccc(Cl)c(Cl)c2)[C@@H](C)C(=O)NC2CCCCC2)c1. The standard InChI is InChI=1S/C26H32Cl2N2O3/c1-17-9-10-18(2)24(13-17)33-16-25(31)30(15-20-11-12-22(27)23(28)14-20)19(3)26(32)29-21-7-5-4-6-8-21/h9-14,19,21H,4-8,15-16H2,1-3H3,(H,29,32)/t19-/m0/s1. The molecule has 1 aliphatic carbocycles. The lowest BCUT2D eigenvalue weighted by atomic mass is 9.95. The predicted molar refractivity (Wildman–Crippen MR) is 133 cm³/mol. The van der Waals surface area contributed by atoms with E-state index in [0.29, 0.717) is 15.8 Å². The number of aryl methyl sites for hydroxylation is 2. The maximum Gasteiger partial charge on any atom is 0.261 e. The summed E-state index contributed by atoms with van der Waals surface area (Å²) in [5.41, 5.74) is 2.80. The maximum atomic E-state index is 13.3. The quantitative estimate of drug-likeness (QED) is 0.504. The van der Waals surface area contributed by atoms with Crippen molar-refractivity contribution in [2.45, 2.75) is 71.5 Å². The van der Waals surface area contributed by atoms with E-state index in [9.17, 15) is 9.59 Å². The van der Waals surface area contributed by atoms with E-state index in [4.69, 9.17) is 27.9 Å². The molecule has 1 atom stereocenters. The van der Waals surface area contributed by atoms with Gasteiger partial charge in [-0.3, -0.25) is 9.59 Å². The number of rotatable bonds is 8. The largest absolute Gasteiger partial charge is 0.483 e. The minimum Gasteiger partial charge on any atom is -0.483 e. The van der Waals surface area contributed by atoms with Gasteiger partial charge in [0.1, 0.15) is 11.8 Å². The number of nitrogens with one attached hydrogen (secondary N) is 1. The van der Waals surface area contributed by atoms with Crippen LogP contribution in [-0.2, 0) is 16.1 Å². The number of carbonyl (C=O) groups excluding carboxylic acids is 2. The third-order valence-corrected chi connectivity index (χ3v) is 6.89. The van der Waals surface area contributed by atoms with E-state index in [1.807, 2.05) is 38.1 Å². The van der Waals surface area contributed by atoms with Crippen molar-refractivity contribution in [3.63, 3.8) is 0 Å². The molecule has 178 valence electrons. The van der Waals surface area contributed by atoms with E-state index in [1.54, 1.807) is 24.0 Å². The van der Waals surface area contributed by atoms with Crippen LogP contribution in [0, 0.1) is 13.8 Å². The van der Waals surface area contributed by atoms with Crippen LogP contribution in [-0.4, -0.2) is 35.4 Å². The van der Waals surface area contributed by atoms with Crippen LogP contribution in [0.2, 0.25) is 10.0 Å². The summed E-state index contributed by atoms with van der Waals surface area (Å²) in [5, 5.41) is 3.98. The van der Waals surface area contributed by atoms with Gasteiger partial charge in [0.25, 0.3) is 5.91 Å². The molecule has 0 radical (unpaired) electrons. The van der Waals surface area contributed by atoms with Gasteiger partial charge < -0.3 is 15.0 Å². The van der Waals surface area contributed by atoms with Crippen LogP contribution in [0.1, 0.15) is 55.7 Å². The van der Waals surface area contributed by atoms with Gasteiger partial charge >= 0.3 is 0 Å². The van der Waals surface area contributed by atoms with Gasteiger partial charge in [-0.05, 0) is 68.5 Å². The fraction of sp³-hybridized carbons (Fsp3) is 0.462. The first kappa shape index (κ1) is 25.4. The molecule has 2 amide bonds. The van der Waals surface area contributed by atoms with E-state index in [0.717, 1.165) is 42.4 Å². The summed E-state index contributed by atoms with van der Waals surface area (Å²) >= 11 is 12.2. The summed E-state index contributed by atoms with van der Waals surface area (Å²) in [6, 6.07) is 10.6. The zero-order chi connectivity index (χ0) is 24.0. The highest BCUT2D eigenvalue weighted by Gasteiger charge is 2.28. The molecular weight excluding hydrogens is 459 g/mol. The van der Waals surface area contributed by atoms with Crippen molar-refractivity contribution in [3.05, 3.63) is 63.1 Å². The van der Waals surface area contributed by atoms with Crippen molar-refractivity contribution in [1.82, 2.24) is 10.2 Å². The minimum absolute atomic E-state index is 0.151. The second-order valence-electron chi connectivity index (χ2n) is 8.85. The molecular formula is C26H32Cl2N2O3. The second kappa shape index (κ2) is 11.8. The Labute approximate surface area is 206 Å². The Morgan fingerprint density at radius 1 is 1.06 bits per heavy atom. The van der Waals surface area contributed by atoms with Gasteiger partial charge in [0.05, 0.1) is 10.0 Å². The first-order valence-electron chi connectivity index (χ1n) is 11.5. The van der Waals surface area contributed by atoms with E-state index >= 15 is 0 Å². The van der Waals surface area contributed by atoms with Gasteiger partial charge in [-0.25, -0.2) is 0 Å². The van der Waals surface area contributed by atoms with Gasteiger partial charge in [-0.15, -0.1) is 0 Å². The molecule has 1 fully saturated rings. The highest BCUT2D eigenvalue weighted by molar-refractivity contribution is 6.42. The van der Waals surface area contributed by atoms with E-state index in [2.05, 4.69) is 5.32 Å². The van der Waals surface area contributed by atoms with Crippen molar-refractivity contribution in [2.75, 3.05) is 6.61 Å². The Balaban J connectivity index is 1.75. The number of amides is 2. The first-order valence-corrected chi connectivity index (χ1v) is 12.2. The Hall–Kier alpha value is -2.24. The molecule has 0 aromatic heterocycles. The molecule has 2 aromatic rings. The highest BCUT2D eigenvalue weighted by atomic mass is 35.5. The summed E-state index contributed by atoms with van der Waals surface area (Å²) in [7, 11) is 0. The topological polar surface area (TPSA) is 58.6 Å².